The summed E-state index contributed by atoms with van der Waals surface area (Å²) < 4.78 is 51.1. The first kappa shape index (κ1) is 14.8. The average Bonchev–Trinajstić information content (AvgIpc) is 2.39. The molecular formula is C14H10ClF4N. The van der Waals surface area contributed by atoms with Gasteiger partial charge in [0, 0.05) is 18.3 Å². The fourth-order valence-corrected chi connectivity index (χ4v) is 2.07. The number of benzene rings is 1. The van der Waals surface area contributed by atoms with Gasteiger partial charge in [0.2, 0.25) is 0 Å². The number of halogens is 5. The molecule has 0 saturated heterocycles. The number of alkyl halides is 4. The molecule has 0 bridgehead atoms. The molecule has 106 valence electrons. The number of aromatic nitrogens is 1. The van der Waals surface area contributed by atoms with Crippen LogP contribution in [0.25, 0.3) is 0 Å². The summed E-state index contributed by atoms with van der Waals surface area (Å²) in [5, 5.41) is -0.702. The maximum absolute atomic E-state index is 13.2. The van der Waals surface area contributed by atoms with Crippen LogP contribution in [0.15, 0.2) is 42.6 Å². The third-order valence-electron chi connectivity index (χ3n) is 2.77. The third-order valence-corrected chi connectivity index (χ3v) is 3.18. The van der Waals surface area contributed by atoms with Crippen LogP contribution in [0.4, 0.5) is 17.6 Å². The van der Waals surface area contributed by atoms with E-state index in [1.165, 1.54) is 6.07 Å². The molecule has 0 spiro atoms. The molecule has 0 fully saturated rings. The minimum Gasteiger partial charge on any atom is -0.261 e. The van der Waals surface area contributed by atoms with Crippen LogP contribution in [0.3, 0.4) is 0 Å². The molecule has 0 aliphatic heterocycles. The predicted octanol–water partition coefficient (Wildman–Crippen LogP) is 4.76. The van der Waals surface area contributed by atoms with Crippen molar-refractivity contribution >= 4 is 11.6 Å². The topological polar surface area (TPSA) is 12.9 Å². The molecule has 2 aromatic rings. The van der Waals surface area contributed by atoms with Crippen molar-refractivity contribution in [3.05, 3.63) is 65.2 Å². The summed E-state index contributed by atoms with van der Waals surface area (Å²) in [5.41, 5.74) is -0.432. The number of nitrogens with zero attached hydrogens (tertiary/aromatic N) is 1. The maximum Gasteiger partial charge on any atom is 0.419 e. The zero-order valence-corrected chi connectivity index (χ0v) is 10.9. The molecule has 1 atom stereocenters. The van der Waals surface area contributed by atoms with Crippen molar-refractivity contribution in [3.8, 4) is 0 Å². The molecule has 1 heterocycles. The molecular weight excluding hydrogens is 294 g/mol. The smallest absolute Gasteiger partial charge is 0.261 e. The zero-order chi connectivity index (χ0) is 14.8. The normalized spacial score (nSPS) is 13.2. The molecule has 1 aromatic carbocycles. The van der Waals surface area contributed by atoms with Gasteiger partial charge in [0.25, 0.3) is 0 Å². The van der Waals surface area contributed by atoms with E-state index in [4.69, 9.17) is 11.6 Å². The Kier molecular flexibility index (Phi) is 4.28. The van der Waals surface area contributed by atoms with Crippen LogP contribution in [-0.4, -0.2) is 4.98 Å². The molecule has 0 N–H and O–H groups in total. The zero-order valence-electron chi connectivity index (χ0n) is 10.2. The van der Waals surface area contributed by atoms with Crippen LogP contribution >= 0.6 is 11.6 Å². The van der Waals surface area contributed by atoms with Gasteiger partial charge in [-0.15, -0.1) is 11.6 Å². The van der Waals surface area contributed by atoms with E-state index in [1.807, 2.05) is 0 Å². The van der Waals surface area contributed by atoms with Crippen LogP contribution in [-0.2, 0) is 12.6 Å². The van der Waals surface area contributed by atoms with E-state index < -0.39 is 22.9 Å². The average molecular weight is 304 g/mol. The van der Waals surface area contributed by atoms with Gasteiger partial charge in [-0.25, -0.2) is 4.39 Å². The minimum atomic E-state index is -4.73. The molecule has 1 unspecified atom stereocenters. The molecule has 20 heavy (non-hydrogen) atoms. The Hall–Kier alpha value is -1.62. The van der Waals surface area contributed by atoms with E-state index in [9.17, 15) is 17.6 Å². The SMILES string of the molecule is Fc1ccc(C(Cl)Cc2ccccn2)cc1C(F)(F)F. The van der Waals surface area contributed by atoms with Gasteiger partial charge in [-0.1, -0.05) is 12.1 Å². The Morgan fingerprint density at radius 1 is 1.15 bits per heavy atom. The number of hydrogen-bond donors (Lipinski definition) is 0. The van der Waals surface area contributed by atoms with Crippen LogP contribution < -0.4 is 0 Å². The molecule has 0 saturated carbocycles. The highest BCUT2D eigenvalue weighted by molar-refractivity contribution is 6.20. The summed E-state index contributed by atoms with van der Waals surface area (Å²) in [7, 11) is 0. The van der Waals surface area contributed by atoms with Gasteiger partial charge in [0.15, 0.2) is 0 Å². The minimum absolute atomic E-state index is 0.214. The fraction of sp³-hybridized carbons (Fsp3) is 0.214. The molecule has 1 nitrogen and oxygen atoms in total. The van der Waals surface area contributed by atoms with E-state index in [-0.39, 0.29) is 12.0 Å². The van der Waals surface area contributed by atoms with Crippen molar-refractivity contribution in [2.45, 2.75) is 18.0 Å². The van der Waals surface area contributed by atoms with E-state index in [0.717, 1.165) is 12.1 Å². The first-order valence-corrected chi connectivity index (χ1v) is 6.22. The number of pyridine rings is 1. The van der Waals surface area contributed by atoms with Gasteiger partial charge in [-0.2, -0.15) is 13.2 Å². The Bertz CT molecular complexity index is 583. The van der Waals surface area contributed by atoms with Crippen molar-refractivity contribution in [3.63, 3.8) is 0 Å². The lowest BCUT2D eigenvalue weighted by Gasteiger charge is -2.13. The Balaban J connectivity index is 2.25. The van der Waals surface area contributed by atoms with Crippen LogP contribution in [0.2, 0.25) is 0 Å². The summed E-state index contributed by atoms with van der Waals surface area (Å²) in [6.07, 6.45) is -2.89. The van der Waals surface area contributed by atoms with Crippen molar-refractivity contribution in [2.75, 3.05) is 0 Å². The quantitative estimate of drug-likeness (QED) is 0.588. The molecule has 0 radical (unpaired) electrons. The summed E-state index contributed by atoms with van der Waals surface area (Å²) in [6, 6.07) is 8.00. The van der Waals surface area contributed by atoms with E-state index in [2.05, 4.69) is 4.98 Å². The van der Waals surface area contributed by atoms with Gasteiger partial charge < -0.3 is 0 Å². The van der Waals surface area contributed by atoms with E-state index in [1.54, 1.807) is 24.4 Å². The molecule has 1 aromatic heterocycles. The fourth-order valence-electron chi connectivity index (χ4n) is 1.78. The van der Waals surface area contributed by atoms with Crippen LogP contribution in [0.5, 0.6) is 0 Å². The highest BCUT2D eigenvalue weighted by Gasteiger charge is 2.34. The largest absolute Gasteiger partial charge is 0.419 e. The number of hydrogen-bond acceptors (Lipinski definition) is 1. The highest BCUT2D eigenvalue weighted by Crippen LogP contribution is 2.34. The van der Waals surface area contributed by atoms with Gasteiger partial charge >= 0.3 is 6.18 Å². The molecule has 0 amide bonds. The maximum atomic E-state index is 13.2. The summed E-state index contributed by atoms with van der Waals surface area (Å²) in [6.45, 7) is 0. The Morgan fingerprint density at radius 3 is 2.50 bits per heavy atom. The van der Waals surface area contributed by atoms with Gasteiger partial charge in [0.1, 0.15) is 5.82 Å². The Labute approximate surface area is 118 Å². The van der Waals surface area contributed by atoms with Crippen molar-refractivity contribution in [1.29, 1.82) is 0 Å². The highest BCUT2D eigenvalue weighted by atomic mass is 35.5. The standard InChI is InChI=1S/C14H10ClF4N/c15-12(8-10-3-1-2-6-20-10)9-4-5-13(16)11(7-9)14(17,18)19/h1-7,12H,8H2. The lowest BCUT2D eigenvalue weighted by Crippen LogP contribution is -2.09. The van der Waals surface area contributed by atoms with Crippen LogP contribution in [0, 0.1) is 5.82 Å². The second-order valence-electron chi connectivity index (χ2n) is 4.23. The lowest BCUT2D eigenvalue weighted by atomic mass is 10.0. The first-order chi connectivity index (χ1) is 9.38. The monoisotopic (exact) mass is 303 g/mol. The first-order valence-electron chi connectivity index (χ1n) is 5.78. The number of rotatable bonds is 3. The summed E-state index contributed by atoms with van der Waals surface area (Å²) in [5.74, 6) is -1.30. The van der Waals surface area contributed by atoms with Crippen LogP contribution in [0.1, 0.15) is 22.2 Å². The summed E-state index contributed by atoms with van der Waals surface area (Å²) >= 11 is 6.09. The summed E-state index contributed by atoms with van der Waals surface area (Å²) in [4.78, 5) is 4.05. The van der Waals surface area contributed by atoms with Crippen molar-refractivity contribution in [2.24, 2.45) is 0 Å². The molecule has 6 heteroatoms. The van der Waals surface area contributed by atoms with E-state index in [0.29, 0.717) is 5.69 Å². The van der Waals surface area contributed by atoms with Gasteiger partial charge in [-0.05, 0) is 29.8 Å². The second kappa shape index (κ2) is 5.79. The van der Waals surface area contributed by atoms with Crippen molar-refractivity contribution < 1.29 is 17.6 Å². The predicted molar refractivity (Wildman–Crippen MR) is 67.9 cm³/mol. The van der Waals surface area contributed by atoms with Crippen molar-refractivity contribution in [1.82, 2.24) is 4.98 Å². The second-order valence-corrected chi connectivity index (χ2v) is 4.76. The third kappa shape index (κ3) is 3.48. The Morgan fingerprint density at radius 2 is 1.90 bits per heavy atom. The molecule has 2 rings (SSSR count). The van der Waals surface area contributed by atoms with Gasteiger partial charge in [-0.3, -0.25) is 4.98 Å². The van der Waals surface area contributed by atoms with E-state index >= 15 is 0 Å². The molecule has 0 aliphatic carbocycles. The lowest BCUT2D eigenvalue weighted by molar-refractivity contribution is -0.140. The van der Waals surface area contributed by atoms with Gasteiger partial charge in [0.05, 0.1) is 10.9 Å². The molecule has 0 aliphatic rings.